The standard InChI is InChI=1S/C11H11FN2O2/c1-8(15)16-5-4-14-11-3-2-10(12)6-9(11)7-13-14/h2-3,6-7H,4-5H2,1H3. The number of hydrogen-bond donors (Lipinski definition) is 0. The van der Waals surface area contributed by atoms with Crippen molar-refractivity contribution >= 4 is 16.9 Å². The highest BCUT2D eigenvalue weighted by Gasteiger charge is 2.03. The van der Waals surface area contributed by atoms with Gasteiger partial charge in [-0.15, -0.1) is 0 Å². The fraction of sp³-hybridized carbons (Fsp3) is 0.273. The van der Waals surface area contributed by atoms with Crippen LogP contribution >= 0.6 is 0 Å². The second-order valence-corrected chi connectivity index (χ2v) is 3.41. The van der Waals surface area contributed by atoms with Gasteiger partial charge in [-0.1, -0.05) is 0 Å². The van der Waals surface area contributed by atoms with Gasteiger partial charge < -0.3 is 4.74 Å². The maximum absolute atomic E-state index is 12.9. The van der Waals surface area contributed by atoms with Crippen molar-refractivity contribution in [2.75, 3.05) is 6.61 Å². The molecule has 0 aliphatic heterocycles. The maximum atomic E-state index is 12.9. The molecule has 0 saturated heterocycles. The predicted octanol–water partition coefficient (Wildman–Crippen LogP) is 1.74. The van der Waals surface area contributed by atoms with Crippen molar-refractivity contribution in [1.82, 2.24) is 9.78 Å². The predicted molar refractivity (Wildman–Crippen MR) is 56.3 cm³/mol. The Hall–Kier alpha value is -1.91. The summed E-state index contributed by atoms with van der Waals surface area (Å²) in [6, 6.07) is 4.46. The number of hydrogen-bond acceptors (Lipinski definition) is 3. The quantitative estimate of drug-likeness (QED) is 0.743. The number of benzene rings is 1. The minimum Gasteiger partial charge on any atom is -0.464 e. The highest BCUT2D eigenvalue weighted by molar-refractivity contribution is 5.78. The van der Waals surface area contributed by atoms with E-state index in [1.807, 2.05) is 0 Å². The largest absolute Gasteiger partial charge is 0.464 e. The van der Waals surface area contributed by atoms with Gasteiger partial charge in [0.2, 0.25) is 0 Å². The molecule has 0 radical (unpaired) electrons. The van der Waals surface area contributed by atoms with Gasteiger partial charge in [0.15, 0.2) is 0 Å². The van der Waals surface area contributed by atoms with Gasteiger partial charge in [-0.05, 0) is 18.2 Å². The molecule has 1 heterocycles. The van der Waals surface area contributed by atoms with Gasteiger partial charge in [0, 0.05) is 12.3 Å². The van der Waals surface area contributed by atoms with Crippen molar-refractivity contribution < 1.29 is 13.9 Å². The lowest BCUT2D eigenvalue weighted by Gasteiger charge is -2.03. The average molecular weight is 222 g/mol. The number of nitrogens with zero attached hydrogens (tertiary/aromatic N) is 2. The van der Waals surface area contributed by atoms with Crippen molar-refractivity contribution in [3.05, 3.63) is 30.2 Å². The second kappa shape index (κ2) is 4.30. The van der Waals surface area contributed by atoms with Crippen LogP contribution in [0.15, 0.2) is 24.4 Å². The molecule has 1 aromatic carbocycles. The fourth-order valence-electron chi connectivity index (χ4n) is 1.51. The summed E-state index contributed by atoms with van der Waals surface area (Å²) < 4.78 is 19.4. The average Bonchev–Trinajstić information content (AvgIpc) is 2.60. The summed E-state index contributed by atoms with van der Waals surface area (Å²) in [5, 5.41) is 4.83. The van der Waals surface area contributed by atoms with E-state index in [1.165, 1.54) is 19.1 Å². The van der Waals surface area contributed by atoms with Crippen molar-refractivity contribution in [3.63, 3.8) is 0 Å². The zero-order chi connectivity index (χ0) is 11.5. The summed E-state index contributed by atoms with van der Waals surface area (Å²) in [6.45, 7) is 2.09. The molecule has 84 valence electrons. The Labute approximate surface area is 91.6 Å². The smallest absolute Gasteiger partial charge is 0.302 e. The Morgan fingerprint density at radius 1 is 1.56 bits per heavy atom. The zero-order valence-electron chi connectivity index (χ0n) is 8.81. The summed E-state index contributed by atoms with van der Waals surface area (Å²) in [6.07, 6.45) is 1.59. The van der Waals surface area contributed by atoms with Crippen LogP contribution in [0.2, 0.25) is 0 Å². The Morgan fingerprint density at radius 3 is 3.12 bits per heavy atom. The summed E-state index contributed by atoms with van der Waals surface area (Å²) in [5.41, 5.74) is 0.827. The molecule has 2 rings (SSSR count). The second-order valence-electron chi connectivity index (χ2n) is 3.41. The van der Waals surface area contributed by atoms with Gasteiger partial charge in [0.05, 0.1) is 18.3 Å². The molecule has 5 heteroatoms. The van der Waals surface area contributed by atoms with Crippen LogP contribution in [0.4, 0.5) is 4.39 Å². The highest BCUT2D eigenvalue weighted by Crippen LogP contribution is 2.14. The molecule has 0 amide bonds. The SMILES string of the molecule is CC(=O)OCCn1ncc2cc(F)ccc21. The van der Waals surface area contributed by atoms with E-state index in [0.717, 1.165) is 10.9 Å². The molecule has 0 saturated carbocycles. The van der Waals surface area contributed by atoms with E-state index < -0.39 is 0 Å². The van der Waals surface area contributed by atoms with Gasteiger partial charge in [0.1, 0.15) is 12.4 Å². The number of ether oxygens (including phenoxy) is 1. The molecular weight excluding hydrogens is 211 g/mol. The number of aromatic nitrogens is 2. The number of fused-ring (bicyclic) bond motifs is 1. The van der Waals surface area contributed by atoms with Crippen LogP contribution in [-0.4, -0.2) is 22.4 Å². The summed E-state index contributed by atoms with van der Waals surface area (Å²) in [5.74, 6) is -0.602. The molecule has 0 bridgehead atoms. The molecule has 0 aliphatic carbocycles. The first-order chi connectivity index (χ1) is 7.66. The first-order valence-corrected chi connectivity index (χ1v) is 4.91. The molecule has 0 unspecified atom stereocenters. The van der Waals surface area contributed by atoms with Crippen LogP contribution in [0.3, 0.4) is 0 Å². The van der Waals surface area contributed by atoms with Gasteiger partial charge in [-0.3, -0.25) is 9.48 Å². The minimum absolute atomic E-state index is 0.267. The van der Waals surface area contributed by atoms with Crippen molar-refractivity contribution in [3.8, 4) is 0 Å². The topological polar surface area (TPSA) is 44.1 Å². The maximum Gasteiger partial charge on any atom is 0.302 e. The third kappa shape index (κ3) is 2.18. The molecule has 0 aliphatic rings. The highest BCUT2D eigenvalue weighted by atomic mass is 19.1. The molecule has 0 fully saturated rings. The first kappa shape index (κ1) is 10.6. The van der Waals surface area contributed by atoms with Crippen LogP contribution in [0.5, 0.6) is 0 Å². The van der Waals surface area contributed by atoms with Crippen molar-refractivity contribution in [2.45, 2.75) is 13.5 Å². The van der Waals surface area contributed by atoms with Crippen LogP contribution < -0.4 is 0 Å². The van der Waals surface area contributed by atoms with Crippen LogP contribution in [0.25, 0.3) is 10.9 Å². The molecular formula is C11H11FN2O2. The van der Waals surface area contributed by atoms with Crippen molar-refractivity contribution in [2.24, 2.45) is 0 Å². The molecule has 4 nitrogen and oxygen atoms in total. The van der Waals surface area contributed by atoms with Gasteiger partial charge in [-0.25, -0.2) is 4.39 Å². The summed E-state index contributed by atoms with van der Waals surface area (Å²) in [4.78, 5) is 10.6. The minimum atomic E-state index is -0.317. The van der Waals surface area contributed by atoms with E-state index in [9.17, 15) is 9.18 Å². The number of rotatable bonds is 3. The Morgan fingerprint density at radius 2 is 2.38 bits per heavy atom. The normalized spacial score (nSPS) is 10.6. The third-order valence-electron chi connectivity index (χ3n) is 2.21. The molecule has 0 spiro atoms. The van der Waals surface area contributed by atoms with E-state index in [4.69, 9.17) is 4.74 Å². The van der Waals surface area contributed by atoms with Crippen LogP contribution in [0.1, 0.15) is 6.92 Å². The number of halogens is 1. The number of carbonyl (C=O) groups is 1. The Kier molecular flexibility index (Phi) is 2.85. The van der Waals surface area contributed by atoms with E-state index in [-0.39, 0.29) is 18.4 Å². The van der Waals surface area contributed by atoms with Gasteiger partial charge in [0.25, 0.3) is 0 Å². The Balaban J connectivity index is 2.15. The van der Waals surface area contributed by atoms with Crippen LogP contribution in [-0.2, 0) is 16.1 Å². The molecule has 16 heavy (non-hydrogen) atoms. The molecule has 2 aromatic rings. The monoisotopic (exact) mass is 222 g/mol. The van der Waals surface area contributed by atoms with Gasteiger partial charge in [-0.2, -0.15) is 5.10 Å². The molecule has 0 N–H and O–H groups in total. The summed E-state index contributed by atoms with van der Waals surface area (Å²) >= 11 is 0. The zero-order valence-corrected chi connectivity index (χ0v) is 8.81. The van der Waals surface area contributed by atoms with Crippen LogP contribution in [0, 0.1) is 5.82 Å². The molecule has 1 aromatic heterocycles. The molecule has 0 atom stereocenters. The third-order valence-corrected chi connectivity index (χ3v) is 2.21. The van der Waals surface area contributed by atoms with E-state index in [2.05, 4.69) is 5.10 Å². The lowest BCUT2D eigenvalue weighted by Crippen LogP contribution is -2.09. The van der Waals surface area contributed by atoms with Crippen molar-refractivity contribution in [1.29, 1.82) is 0 Å². The van der Waals surface area contributed by atoms with E-state index in [1.54, 1.807) is 16.9 Å². The van der Waals surface area contributed by atoms with E-state index >= 15 is 0 Å². The Bertz CT molecular complexity index is 522. The number of carbonyl (C=O) groups excluding carboxylic acids is 1. The van der Waals surface area contributed by atoms with Gasteiger partial charge >= 0.3 is 5.97 Å². The lowest BCUT2D eigenvalue weighted by atomic mass is 10.2. The number of esters is 1. The lowest BCUT2D eigenvalue weighted by molar-refractivity contribution is -0.141. The van der Waals surface area contributed by atoms with E-state index in [0.29, 0.717) is 6.54 Å². The summed E-state index contributed by atoms with van der Waals surface area (Å²) in [7, 11) is 0. The fourth-order valence-corrected chi connectivity index (χ4v) is 1.51. The first-order valence-electron chi connectivity index (χ1n) is 4.91.